The van der Waals surface area contributed by atoms with Crippen LogP contribution in [0.4, 0.5) is 11.4 Å². The fourth-order valence-electron chi connectivity index (χ4n) is 2.28. The third-order valence-corrected chi connectivity index (χ3v) is 3.45. The zero-order valence-corrected chi connectivity index (χ0v) is 13.1. The van der Waals surface area contributed by atoms with Gasteiger partial charge in [-0.1, -0.05) is 50.2 Å². The van der Waals surface area contributed by atoms with Crippen LogP contribution in [0.5, 0.6) is 0 Å². The van der Waals surface area contributed by atoms with E-state index in [9.17, 15) is 14.7 Å². The molecule has 5 nitrogen and oxygen atoms in total. The van der Waals surface area contributed by atoms with Crippen molar-refractivity contribution >= 4 is 23.3 Å². The van der Waals surface area contributed by atoms with E-state index < -0.39 is 17.8 Å². The Bertz CT molecular complexity index is 656. The summed E-state index contributed by atoms with van der Waals surface area (Å²) in [4.78, 5) is 24.3. The molecule has 0 aromatic heterocycles. The number of carbonyl (C=O) groups excluding carboxylic acids is 1. The van der Waals surface area contributed by atoms with Gasteiger partial charge >= 0.3 is 5.97 Å². The fraction of sp³-hybridized carbons (Fsp3) is 0.222. The van der Waals surface area contributed by atoms with Gasteiger partial charge in [-0.3, -0.25) is 15.0 Å². The van der Waals surface area contributed by atoms with Gasteiger partial charge in [0, 0.05) is 0 Å². The van der Waals surface area contributed by atoms with E-state index in [2.05, 4.69) is 5.43 Å². The molecule has 1 atom stereocenters. The van der Waals surface area contributed by atoms with Crippen molar-refractivity contribution in [3.05, 3.63) is 60.7 Å². The first kappa shape index (κ1) is 16.5. The van der Waals surface area contributed by atoms with Crippen LogP contribution < -0.4 is 10.4 Å². The summed E-state index contributed by atoms with van der Waals surface area (Å²) in [7, 11) is 0. The summed E-state index contributed by atoms with van der Waals surface area (Å²) in [6.45, 7) is 3.45. The highest BCUT2D eigenvalue weighted by Gasteiger charge is 2.34. The second kappa shape index (κ2) is 7.45. The Morgan fingerprint density at radius 3 is 1.96 bits per heavy atom. The van der Waals surface area contributed by atoms with Crippen LogP contribution in [0, 0.1) is 11.8 Å². The van der Waals surface area contributed by atoms with Gasteiger partial charge in [0.25, 0.3) is 5.91 Å². The molecule has 0 saturated carbocycles. The Hall–Kier alpha value is -2.82. The molecule has 1 amide bonds. The number of carboxylic acids is 1. The zero-order valence-electron chi connectivity index (χ0n) is 13.1. The first-order chi connectivity index (χ1) is 11.0. The van der Waals surface area contributed by atoms with Crippen LogP contribution in [-0.4, -0.2) is 17.0 Å². The lowest BCUT2D eigenvalue weighted by Crippen LogP contribution is -2.45. The Balaban J connectivity index is 2.37. The van der Waals surface area contributed by atoms with Crippen LogP contribution in [-0.2, 0) is 9.59 Å². The van der Waals surface area contributed by atoms with E-state index in [1.807, 2.05) is 36.4 Å². The third kappa shape index (κ3) is 4.10. The van der Waals surface area contributed by atoms with Crippen molar-refractivity contribution in [2.45, 2.75) is 13.8 Å². The minimum Gasteiger partial charge on any atom is -0.481 e. The number of carbonyl (C=O) groups is 2. The molecule has 1 unspecified atom stereocenters. The summed E-state index contributed by atoms with van der Waals surface area (Å²) in [5.74, 6) is -3.06. The zero-order chi connectivity index (χ0) is 16.8. The molecule has 0 radical (unpaired) electrons. The number of anilines is 2. The molecule has 2 aromatic rings. The summed E-state index contributed by atoms with van der Waals surface area (Å²) in [6.07, 6.45) is 0. The monoisotopic (exact) mass is 312 g/mol. The van der Waals surface area contributed by atoms with Crippen molar-refractivity contribution in [3.8, 4) is 0 Å². The third-order valence-electron chi connectivity index (χ3n) is 3.45. The smallest absolute Gasteiger partial charge is 0.316 e. The molecule has 2 N–H and O–H groups in total. The highest BCUT2D eigenvalue weighted by atomic mass is 16.4. The van der Waals surface area contributed by atoms with Crippen LogP contribution in [0.2, 0.25) is 0 Å². The number of carboxylic acid groups (broad SMARTS) is 1. The van der Waals surface area contributed by atoms with E-state index in [1.165, 1.54) is 5.01 Å². The molecular formula is C18H20N2O3. The largest absolute Gasteiger partial charge is 0.481 e. The van der Waals surface area contributed by atoms with Crippen LogP contribution in [0.25, 0.3) is 0 Å². The summed E-state index contributed by atoms with van der Waals surface area (Å²) >= 11 is 0. The molecule has 2 aromatic carbocycles. The van der Waals surface area contributed by atoms with Gasteiger partial charge < -0.3 is 5.11 Å². The Morgan fingerprint density at radius 1 is 0.957 bits per heavy atom. The topological polar surface area (TPSA) is 69.6 Å². The van der Waals surface area contributed by atoms with Gasteiger partial charge in [-0.2, -0.15) is 0 Å². The number of hydrazine groups is 1. The lowest BCUT2D eigenvalue weighted by molar-refractivity contribution is -0.147. The highest BCUT2D eigenvalue weighted by molar-refractivity contribution is 6.06. The second-order valence-corrected chi connectivity index (χ2v) is 5.55. The Morgan fingerprint density at radius 2 is 1.48 bits per heavy atom. The number of para-hydroxylation sites is 2. The van der Waals surface area contributed by atoms with Crippen molar-refractivity contribution in [3.63, 3.8) is 0 Å². The van der Waals surface area contributed by atoms with Crippen molar-refractivity contribution in [2.24, 2.45) is 11.8 Å². The summed E-state index contributed by atoms with van der Waals surface area (Å²) in [6, 6.07) is 18.1. The maximum atomic E-state index is 12.8. The van der Waals surface area contributed by atoms with Crippen molar-refractivity contribution in [2.75, 3.05) is 10.4 Å². The van der Waals surface area contributed by atoms with E-state index in [4.69, 9.17) is 0 Å². The number of benzene rings is 2. The Kier molecular flexibility index (Phi) is 5.36. The molecule has 0 aliphatic carbocycles. The number of hydrogen-bond donors (Lipinski definition) is 2. The van der Waals surface area contributed by atoms with E-state index in [0.29, 0.717) is 11.4 Å². The molecule has 0 heterocycles. The molecule has 0 saturated heterocycles. The van der Waals surface area contributed by atoms with Crippen LogP contribution in [0.15, 0.2) is 60.7 Å². The average Bonchev–Trinajstić information content (AvgIpc) is 2.53. The van der Waals surface area contributed by atoms with Gasteiger partial charge in [0.05, 0.1) is 11.4 Å². The minimum absolute atomic E-state index is 0.316. The van der Waals surface area contributed by atoms with Crippen molar-refractivity contribution < 1.29 is 14.7 Å². The van der Waals surface area contributed by atoms with Crippen LogP contribution in [0.3, 0.4) is 0 Å². The van der Waals surface area contributed by atoms with E-state index in [0.717, 1.165) is 0 Å². The first-order valence-corrected chi connectivity index (χ1v) is 7.44. The normalized spacial score (nSPS) is 11.8. The first-order valence-electron chi connectivity index (χ1n) is 7.44. The quantitative estimate of drug-likeness (QED) is 0.633. The molecule has 0 aliphatic rings. The predicted molar refractivity (Wildman–Crippen MR) is 90.0 cm³/mol. The van der Waals surface area contributed by atoms with Gasteiger partial charge in [0.15, 0.2) is 0 Å². The van der Waals surface area contributed by atoms with Crippen LogP contribution in [0.1, 0.15) is 13.8 Å². The summed E-state index contributed by atoms with van der Waals surface area (Å²) in [5, 5.41) is 10.7. The van der Waals surface area contributed by atoms with Gasteiger partial charge in [0.1, 0.15) is 5.92 Å². The van der Waals surface area contributed by atoms with Crippen molar-refractivity contribution in [1.82, 2.24) is 0 Å². The van der Waals surface area contributed by atoms with Gasteiger partial charge in [-0.15, -0.1) is 0 Å². The number of nitrogens with zero attached hydrogens (tertiary/aromatic N) is 1. The number of hydrogen-bond acceptors (Lipinski definition) is 3. The molecule has 0 fully saturated rings. The molecule has 120 valence electrons. The number of rotatable bonds is 6. The molecule has 0 spiro atoms. The van der Waals surface area contributed by atoms with Gasteiger partial charge in [-0.05, 0) is 30.2 Å². The second-order valence-electron chi connectivity index (χ2n) is 5.55. The van der Waals surface area contributed by atoms with Crippen LogP contribution >= 0.6 is 0 Å². The lowest BCUT2D eigenvalue weighted by atomic mass is 9.95. The standard InChI is InChI=1S/C18H20N2O3/c1-13(2)16(18(22)23)17(21)20(15-11-7-4-8-12-15)19-14-9-5-3-6-10-14/h3-13,16,19H,1-2H3,(H,22,23). The predicted octanol–water partition coefficient (Wildman–Crippen LogP) is 3.40. The van der Waals surface area contributed by atoms with E-state index >= 15 is 0 Å². The maximum absolute atomic E-state index is 12.8. The number of amides is 1. The number of aliphatic carboxylic acids is 1. The van der Waals surface area contributed by atoms with Crippen molar-refractivity contribution in [1.29, 1.82) is 0 Å². The SMILES string of the molecule is CC(C)C(C(=O)O)C(=O)N(Nc1ccccc1)c1ccccc1. The fourth-order valence-corrected chi connectivity index (χ4v) is 2.28. The van der Waals surface area contributed by atoms with E-state index in [1.54, 1.807) is 38.1 Å². The molecular weight excluding hydrogens is 292 g/mol. The highest BCUT2D eigenvalue weighted by Crippen LogP contribution is 2.22. The lowest BCUT2D eigenvalue weighted by Gasteiger charge is -2.28. The van der Waals surface area contributed by atoms with E-state index in [-0.39, 0.29) is 5.92 Å². The molecule has 0 aliphatic heterocycles. The molecule has 0 bridgehead atoms. The minimum atomic E-state index is -1.12. The number of nitrogens with one attached hydrogen (secondary N) is 1. The molecule has 5 heteroatoms. The summed E-state index contributed by atoms with van der Waals surface area (Å²) in [5.41, 5.74) is 4.30. The van der Waals surface area contributed by atoms with Gasteiger partial charge in [0.2, 0.25) is 0 Å². The van der Waals surface area contributed by atoms with Gasteiger partial charge in [-0.25, -0.2) is 5.01 Å². The average molecular weight is 312 g/mol. The Labute approximate surface area is 135 Å². The maximum Gasteiger partial charge on any atom is 0.316 e. The molecule has 2 rings (SSSR count). The summed E-state index contributed by atoms with van der Waals surface area (Å²) < 4.78 is 0. The molecule has 23 heavy (non-hydrogen) atoms.